The number of hydrogen-bond acceptors (Lipinski definition) is 7. The van der Waals surface area contributed by atoms with Crippen LogP contribution in [-0.2, 0) is 33.5 Å². The second-order valence-corrected chi connectivity index (χ2v) is 18.3. The van der Waals surface area contributed by atoms with Gasteiger partial charge in [0, 0.05) is 42.3 Å². The van der Waals surface area contributed by atoms with Gasteiger partial charge >= 0.3 is 0 Å². The van der Waals surface area contributed by atoms with Gasteiger partial charge in [0.2, 0.25) is 0 Å². The molecule has 2 fully saturated rings. The first-order chi connectivity index (χ1) is 25.1. The highest BCUT2D eigenvalue weighted by Crippen LogP contribution is 2.47. The van der Waals surface area contributed by atoms with E-state index in [2.05, 4.69) is 43.4 Å². The van der Waals surface area contributed by atoms with Crippen molar-refractivity contribution in [3.05, 3.63) is 88.2 Å². The zero-order chi connectivity index (χ0) is 36.0. The molecule has 2 aliphatic heterocycles. The molecule has 1 N–H and O–H groups in total. The number of anilines is 1. The normalized spacial score (nSPS) is 30.9. The van der Waals surface area contributed by atoms with Gasteiger partial charge in [0.25, 0.3) is 11.8 Å². The Morgan fingerprint density at radius 2 is 2.04 bits per heavy atom. The second-order valence-electron chi connectivity index (χ2n) is 15.8. The summed E-state index contributed by atoms with van der Waals surface area (Å²) in [6.45, 7) is 4.78. The van der Waals surface area contributed by atoms with Crippen molar-refractivity contribution in [1.29, 1.82) is 0 Å². The van der Waals surface area contributed by atoms with Gasteiger partial charge in [-0.1, -0.05) is 36.7 Å². The van der Waals surface area contributed by atoms with Crippen molar-refractivity contribution in [2.24, 2.45) is 35.1 Å². The number of nitrogens with zero attached hydrogens (tertiary/aromatic N) is 4. The Morgan fingerprint density at radius 1 is 1.17 bits per heavy atom. The molecule has 0 unspecified atom stereocenters. The maximum absolute atomic E-state index is 14.5. The highest BCUT2D eigenvalue weighted by Gasteiger charge is 2.45. The number of fused-ring (bicyclic) bond motifs is 4. The first-order valence-corrected chi connectivity index (χ1v) is 20.8. The lowest BCUT2D eigenvalue weighted by Crippen LogP contribution is -2.49. The number of nitrogens with one attached hydrogen (secondary N) is 1. The van der Waals surface area contributed by atoms with Gasteiger partial charge in [-0.15, -0.1) is 4.36 Å². The third-order valence-corrected chi connectivity index (χ3v) is 13.9. The van der Waals surface area contributed by atoms with Crippen LogP contribution in [0, 0.1) is 23.7 Å². The molecule has 1 aromatic heterocycles. The van der Waals surface area contributed by atoms with E-state index in [1.165, 1.54) is 34.8 Å². The lowest BCUT2D eigenvalue weighted by molar-refractivity contribution is -0.0182. The number of rotatable bonds is 5. The first kappa shape index (κ1) is 35.4. The molecular weight excluding hydrogens is 698 g/mol. The van der Waals surface area contributed by atoms with E-state index in [1.807, 2.05) is 25.1 Å². The number of carbonyl (C=O) groups excluding carboxylic acids is 2. The SMILES string of the molecule is C[C@H]1C/C=C/[C@H](OCC2CC2)[C@@H]2CC[C@H]2CN2C[C@@]3(CCCc4cc(Cl)ccc43)COc3ccc(cc32)C(=O)N=[S@](=O)(NC(=O)c2cnn(C)c2)C1. The minimum Gasteiger partial charge on any atom is -0.490 e. The molecule has 2 saturated carbocycles. The fourth-order valence-electron chi connectivity index (χ4n) is 8.57. The van der Waals surface area contributed by atoms with Gasteiger partial charge in [-0.2, -0.15) is 5.10 Å². The van der Waals surface area contributed by atoms with Crippen LogP contribution in [0.2, 0.25) is 5.02 Å². The third-order valence-electron chi connectivity index (χ3n) is 11.7. The van der Waals surface area contributed by atoms with Crippen LogP contribution in [-0.4, -0.2) is 64.0 Å². The van der Waals surface area contributed by atoms with Gasteiger partial charge in [-0.3, -0.25) is 19.0 Å². The molecule has 6 atom stereocenters. The van der Waals surface area contributed by atoms with Crippen molar-refractivity contribution in [3.8, 4) is 5.75 Å². The molecule has 52 heavy (non-hydrogen) atoms. The molecule has 2 bridgehead atoms. The van der Waals surface area contributed by atoms with Gasteiger partial charge in [-0.25, -0.2) is 4.21 Å². The average Bonchev–Trinajstić information content (AvgIpc) is 3.85. The van der Waals surface area contributed by atoms with E-state index in [-0.39, 0.29) is 28.8 Å². The summed E-state index contributed by atoms with van der Waals surface area (Å²) >= 11 is 6.48. The molecular formula is C40H48ClN5O5S. The number of amides is 2. The van der Waals surface area contributed by atoms with Crippen LogP contribution in [0.25, 0.3) is 0 Å². The van der Waals surface area contributed by atoms with Crippen molar-refractivity contribution in [2.75, 3.05) is 37.0 Å². The predicted octanol–water partition coefficient (Wildman–Crippen LogP) is 6.92. The van der Waals surface area contributed by atoms with Crippen LogP contribution >= 0.6 is 11.6 Å². The van der Waals surface area contributed by atoms with Gasteiger partial charge in [0.1, 0.15) is 15.7 Å². The molecule has 2 aromatic carbocycles. The number of allylic oxidation sites excluding steroid dienone is 1. The quantitative estimate of drug-likeness (QED) is 0.282. The van der Waals surface area contributed by atoms with Gasteiger partial charge < -0.3 is 14.4 Å². The number of aromatic nitrogens is 2. The van der Waals surface area contributed by atoms with E-state index in [0.29, 0.717) is 42.1 Å². The van der Waals surface area contributed by atoms with E-state index < -0.39 is 21.7 Å². The van der Waals surface area contributed by atoms with E-state index in [1.54, 1.807) is 19.3 Å². The Morgan fingerprint density at radius 3 is 2.81 bits per heavy atom. The van der Waals surface area contributed by atoms with E-state index in [0.717, 1.165) is 62.5 Å². The maximum atomic E-state index is 14.5. The van der Waals surface area contributed by atoms with Crippen LogP contribution in [0.4, 0.5) is 5.69 Å². The van der Waals surface area contributed by atoms with Crippen molar-refractivity contribution in [3.63, 3.8) is 0 Å². The number of ether oxygens (including phenoxy) is 2. The minimum absolute atomic E-state index is 0.0131. The summed E-state index contributed by atoms with van der Waals surface area (Å²) in [6.07, 6.45) is 15.5. The van der Waals surface area contributed by atoms with E-state index in [4.69, 9.17) is 21.1 Å². The Hall–Kier alpha value is -3.67. The highest BCUT2D eigenvalue weighted by molar-refractivity contribution is 7.92. The largest absolute Gasteiger partial charge is 0.490 e. The Labute approximate surface area is 311 Å². The van der Waals surface area contributed by atoms with Crippen molar-refractivity contribution >= 4 is 39.0 Å². The highest BCUT2D eigenvalue weighted by atomic mass is 35.5. The molecule has 8 rings (SSSR count). The molecule has 3 heterocycles. The van der Waals surface area contributed by atoms with Crippen LogP contribution in [0.5, 0.6) is 5.75 Å². The van der Waals surface area contributed by atoms with Crippen molar-refractivity contribution in [1.82, 2.24) is 14.5 Å². The fourth-order valence-corrected chi connectivity index (χ4v) is 10.7. The standard InChI is InChI=1S/C40H48ClN5O5S/c1-26-5-3-7-36(50-22-27-8-9-27)33-13-10-30(33)21-46-24-40(16-4-6-28-17-32(41)12-14-34(28)40)25-51-37-15-11-29(18-35(37)46)38(47)43-52(49,23-26)44-39(48)31-19-42-45(2)20-31/h3,7,11-12,14-15,17-20,26-27,30,33,36H,4-6,8-10,13,16,21-25H2,1-2H3,(H,43,44,47,48,49)/b7-3+/t26-,30-,33+,36-,40-,52-/m0/s1. The maximum Gasteiger partial charge on any atom is 0.286 e. The molecule has 1 spiro atoms. The Balaban J connectivity index is 1.19. The predicted molar refractivity (Wildman–Crippen MR) is 202 cm³/mol. The summed E-state index contributed by atoms with van der Waals surface area (Å²) in [5, 5.41) is 4.83. The van der Waals surface area contributed by atoms with Crippen molar-refractivity contribution in [2.45, 2.75) is 69.8 Å². The van der Waals surface area contributed by atoms with Gasteiger partial charge in [0.05, 0.1) is 42.5 Å². The lowest BCUT2D eigenvalue weighted by atomic mass is 9.68. The van der Waals surface area contributed by atoms with Crippen LogP contribution in [0.15, 0.2) is 65.3 Å². The summed E-state index contributed by atoms with van der Waals surface area (Å²) in [6, 6.07) is 11.7. The molecule has 10 nitrogen and oxygen atoms in total. The van der Waals surface area contributed by atoms with Gasteiger partial charge in [0.15, 0.2) is 0 Å². The van der Waals surface area contributed by atoms with Crippen LogP contribution in [0.1, 0.15) is 83.7 Å². The van der Waals surface area contributed by atoms with E-state index in [9.17, 15) is 13.8 Å². The molecule has 0 saturated heterocycles. The molecule has 12 heteroatoms. The smallest absolute Gasteiger partial charge is 0.286 e. The summed E-state index contributed by atoms with van der Waals surface area (Å²) in [5.74, 6) is 0.782. The molecule has 0 radical (unpaired) electrons. The molecule has 276 valence electrons. The van der Waals surface area contributed by atoms with Gasteiger partial charge in [-0.05, 0) is 116 Å². The third kappa shape index (κ3) is 7.41. The summed E-state index contributed by atoms with van der Waals surface area (Å²) in [4.78, 5) is 29.7. The first-order valence-electron chi connectivity index (χ1n) is 18.8. The number of benzene rings is 2. The number of halogens is 1. The van der Waals surface area contributed by atoms with E-state index >= 15 is 0 Å². The minimum atomic E-state index is -3.52. The number of carbonyl (C=O) groups is 2. The lowest BCUT2D eigenvalue weighted by Gasteiger charge is -2.46. The monoisotopic (exact) mass is 745 g/mol. The second kappa shape index (κ2) is 14.3. The fraction of sp³-hybridized carbons (Fsp3) is 0.525. The Bertz CT molecular complexity index is 2020. The molecule has 5 aliphatic rings. The summed E-state index contributed by atoms with van der Waals surface area (Å²) < 4.78 is 36.3. The molecule has 3 aromatic rings. The molecule has 2 amide bonds. The number of hydrogen-bond donors (Lipinski definition) is 1. The molecule has 3 aliphatic carbocycles. The number of aryl methyl sites for hydroxylation is 2. The van der Waals surface area contributed by atoms with Crippen LogP contribution in [0.3, 0.4) is 0 Å². The summed E-state index contributed by atoms with van der Waals surface area (Å²) in [7, 11) is -1.82. The Kier molecular flexibility index (Phi) is 9.72. The zero-order valence-corrected chi connectivity index (χ0v) is 31.5. The summed E-state index contributed by atoms with van der Waals surface area (Å²) in [5.41, 5.74) is 3.69. The topological polar surface area (TPSA) is 115 Å². The van der Waals surface area contributed by atoms with Crippen LogP contribution < -0.4 is 14.4 Å². The van der Waals surface area contributed by atoms with Crippen molar-refractivity contribution < 1.29 is 23.3 Å². The average molecular weight is 746 g/mol. The zero-order valence-electron chi connectivity index (χ0n) is 30.0.